The number of hydrogen-bond donors (Lipinski definition) is 2. The van der Waals surface area contributed by atoms with Gasteiger partial charge in [0.1, 0.15) is 0 Å². The number of hydrogen-bond acceptors (Lipinski definition) is 3. The molecule has 1 aromatic rings. The standard InChI is InChI=1S/C14H23N3O3/c1-2-9-17-11-12(10-16-17)14(20)15-8-6-4-3-5-7-13(18)19/h10-11H,2-9H2,1H3,(H,15,20)(H,18,19). The number of carbonyl (C=O) groups excluding carboxylic acids is 1. The molecular weight excluding hydrogens is 258 g/mol. The van der Waals surface area contributed by atoms with E-state index in [2.05, 4.69) is 17.3 Å². The van der Waals surface area contributed by atoms with Gasteiger partial charge in [0.25, 0.3) is 5.91 Å². The molecule has 0 bridgehead atoms. The predicted molar refractivity (Wildman–Crippen MR) is 75.6 cm³/mol. The molecule has 0 unspecified atom stereocenters. The average molecular weight is 281 g/mol. The molecule has 1 amide bonds. The molecule has 112 valence electrons. The Morgan fingerprint density at radius 1 is 1.30 bits per heavy atom. The van der Waals surface area contributed by atoms with Crippen LogP contribution < -0.4 is 5.32 Å². The lowest BCUT2D eigenvalue weighted by Gasteiger charge is -2.03. The van der Waals surface area contributed by atoms with Crippen molar-refractivity contribution < 1.29 is 14.7 Å². The fourth-order valence-electron chi connectivity index (χ4n) is 1.89. The summed E-state index contributed by atoms with van der Waals surface area (Å²) in [4.78, 5) is 22.1. The first-order valence-corrected chi connectivity index (χ1v) is 7.16. The van der Waals surface area contributed by atoms with Crippen molar-refractivity contribution in [3.8, 4) is 0 Å². The normalized spacial score (nSPS) is 10.4. The zero-order valence-corrected chi connectivity index (χ0v) is 12.0. The molecule has 0 aliphatic carbocycles. The van der Waals surface area contributed by atoms with Crippen LogP contribution >= 0.6 is 0 Å². The molecule has 0 radical (unpaired) electrons. The molecule has 1 heterocycles. The van der Waals surface area contributed by atoms with Gasteiger partial charge in [-0.1, -0.05) is 19.8 Å². The van der Waals surface area contributed by atoms with E-state index in [4.69, 9.17) is 5.11 Å². The van der Waals surface area contributed by atoms with Crippen molar-refractivity contribution in [2.75, 3.05) is 6.54 Å². The van der Waals surface area contributed by atoms with Crippen molar-refractivity contribution >= 4 is 11.9 Å². The number of nitrogens with one attached hydrogen (secondary N) is 1. The molecule has 0 aromatic carbocycles. The number of aliphatic carboxylic acids is 1. The molecule has 0 aliphatic heterocycles. The van der Waals surface area contributed by atoms with Crippen LogP contribution in [0.2, 0.25) is 0 Å². The quantitative estimate of drug-likeness (QED) is 0.643. The molecule has 6 heteroatoms. The fourth-order valence-corrected chi connectivity index (χ4v) is 1.89. The van der Waals surface area contributed by atoms with Crippen LogP contribution in [0.25, 0.3) is 0 Å². The number of unbranched alkanes of at least 4 members (excludes halogenated alkanes) is 3. The van der Waals surface area contributed by atoms with Gasteiger partial charge in [-0.2, -0.15) is 5.10 Å². The Balaban J connectivity index is 2.11. The molecule has 0 saturated carbocycles. The van der Waals surface area contributed by atoms with E-state index < -0.39 is 5.97 Å². The molecule has 1 rings (SSSR count). The lowest BCUT2D eigenvalue weighted by molar-refractivity contribution is -0.137. The molecule has 1 aromatic heterocycles. The summed E-state index contributed by atoms with van der Waals surface area (Å²) in [6.45, 7) is 3.49. The van der Waals surface area contributed by atoms with Crippen LogP contribution in [0.3, 0.4) is 0 Å². The second-order valence-corrected chi connectivity index (χ2v) is 4.81. The Kier molecular flexibility index (Phi) is 7.39. The van der Waals surface area contributed by atoms with E-state index in [1.807, 2.05) is 0 Å². The van der Waals surface area contributed by atoms with Crippen LogP contribution in [0, 0.1) is 0 Å². The van der Waals surface area contributed by atoms with Crippen LogP contribution in [-0.2, 0) is 11.3 Å². The van der Waals surface area contributed by atoms with Gasteiger partial charge < -0.3 is 10.4 Å². The van der Waals surface area contributed by atoms with Gasteiger partial charge >= 0.3 is 5.97 Å². The van der Waals surface area contributed by atoms with Crippen molar-refractivity contribution in [1.29, 1.82) is 0 Å². The van der Waals surface area contributed by atoms with Crippen LogP contribution in [0.4, 0.5) is 0 Å². The Labute approximate surface area is 119 Å². The maximum Gasteiger partial charge on any atom is 0.303 e. The van der Waals surface area contributed by atoms with Gasteiger partial charge in [-0.25, -0.2) is 0 Å². The monoisotopic (exact) mass is 281 g/mol. The zero-order valence-electron chi connectivity index (χ0n) is 12.0. The van der Waals surface area contributed by atoms with Gasteiger partial charge in [0.2, 0.25) is 0 Å². The average Bonchev–Trinajstić information content (AvgIpc) is 2.86. The molecule has 0 atom stereocenters. The van der Waals surface area contributed by atoms with Crippen LogP contribution in [0.5, 0.6) is 0 Å². The maximum absolute atomic E-state index is 11.8. The third-order valence-corrected chi connectivity index (χ3v) is 2.95. The molecule has 6 nitrogen and oxygen atoms in total. The van der Waals surface area contributed by atoms with E-state index in [1.165, 1.54) is 0 Å². The first-order valence-electron chi connectivity index (χ1n) is 7.16. The number of rotatable bonds is 10. The molecule has 0 aliphatic rings. The Hall–Kier alpha value is -1.85. The van der Waals surface area contributed by atoms with Gasteiger partial charge in [0.15, 0.2) is 0 Å². The minimum Gasteiger partial charge on any atom is -0.481 e. The summed E-state index contributed by atoms with van der Waals surface area (Å²) < 4.78 is 1.76. The first kappa shape index (κ1) is 16.2. The molecule has 2 N–H and O–H groups in total. The fraction of sp³-hybridized carbons (Fsp3) is 0.643. The van der Waals surface area contributed by atoms with Crippen molar-refractivity contribution in [3.05, 3.63) is 18.0 Å². The number of aryl methyl sites for hydroxylation is 1. The third-order valence-electron chi connectivity index (χ3n) is 2.95. The van der Waals surface area contributed by atoms with E-state index in [9.17, 15) is 9.59 Å². The van der Waals surface area contributed by atoms with E-state index >= 15 is 0 Å². The Bertz CT molecular complexity index is 429. The lowest BCUT2D eigenvalue weighted by atomic mass is 10.1. The summed E-state index contributed by atoms with van der Waals surface area (Å²) in [5, 5.41) is 15.4. The minimum absolute atomic E-state index is 0.0992. The minimum atomic E-state index is -0.748. The van der Waals surface area contributed by atoms with Crippen LogP contribution in [0.15, 0.2) is 12.4 Å². The summed E-state index contributed by atoms with van der Waals surface area (Å²) >= 11 is 0. The van der Waals surface area contributed by atoms with E-state index in [0.717, 1.165) is 32.2 Å². The van der Waals surface area contributed by atoms with E-state index in [-0.39, 0.29) is 12.3 Å². The number of aromatic nitrogens is 2. The molecular formula is C14H23N3O3. The first-order chi connectivity index (χ1) is 9.63. The highest BCUT2D eigenvalue weighted by atomic mass is 16.4. The van der Waals surface area contributed by atoms with E-state index in [1.54, 1.807) is 17.1 Å². The molecule has 0 saturated heterocycles. The SMILES string of the molecule is CCCn1cc(C(=O)NCCCCCCC(=O)O)cn1. The second kappa shape index (κ2) is 9.12. The lowest BCUT2D eigenvalue weighted by Crippen LogP contribution is -2.24. The summed E-state index contributed by atoms with van der Waals surface area (Å²) in [5.74, 6) is -0.847. The number of amides is 1. The van der Waals surface area contributed by atoms with Crippen molar-refractivity contribution in [2.24, 2.45) is 0 Å². The van der Waals surface area contributed by atoms with Crippen molar-refractivity contribution in [2.45, 2.75) is 52.0 Å². The number of carbonyl (C=O) groups is 2. The zero-order chi connectivity index (χ0) is 14.8. The van der Waals surface area contributed by atoms with Gasteiger partial charge in [-0.15, -0.1) is 0 Å². The number of nitrogens with zero attached hydrogens (tertiary/aromatic N) is 2. The second-order valence-electron chi connectivity index (χ2n) is 4.81. The van der Waals surface area contributed by atoms with Gasteiger partial charge in [0.05, 0.1) is 11.8 Å². The van der Waals surface area contributed by atoms with Crippen LogP contribution in [-0.4, -0.2) is 33.3 Å². The predicted octanol–water partition coefficient (Wildman–Crippen LogP) is 2.06. The van der Waals surface area contributed by atoms with Crippen LogP contribution in [0.1, 0.15) is 55.8 Å². The Morgan fingerprint density at radius 2 is 2.05 bits per heavy atom. The molecule has 20 heavy (non-hydrogen) atoms. The Morgan fingerprint density at radius 3 is 2.75 bits per heavy atom. The van der Waals surface area contributed by atoms with Gasteiger partial charge in [-0.3, -0.25) is 14.3 Å². The summed E-state index contributed by atoms with van der Waals surface area (Å²) in [6, 6.07) is 0. The largest absolute Gasteiger partial charge is 0.481 e. The molecule has 0 spiro atoms. The van der Waals surface area contributed by atoms with Crippen molar-refractivity contribution in [1.82, 2.24) is 15.1 Å². The van der Waals surface area contributed by atoms with Crippen molar-refractivity contribution in [3.63, 3.8) is 0 Å². The summed E-state index contributed by atoms with van der Waals surface area (Å²) in [6.07, 6.45) is 7.94. The maximum atomic E-state index is 11.8. The van der Waals surface area contributed by atoms with Gasteiger partial charge in [0, 0.05) is 25.7 Å². The third kappa shape index (κ3) is 6.36. The smallest absolute Gasteiger partial charge is 0.303 e. The summed E-state index contributed by atoms with van der Waals surface area (Å²) in [7, 11) is 0. The summed E-state index contributed by atoms with van der Waals surface area (Å²) in [5.41, 5.74) is 0.587. The molecule has 0 fully saturated rings. The topological polar surface area (TPSA) is 84.2 Å². The highest BCUT2D eigenvalue weighted by molar-refractivity contribution is 5.93. The highest BCUT2D eigenvalue weighted by Gasteiger charge is 2.07. The highest BCUT2D eigenvalue weighted by Crippen LogP contribution is 2.03. The van der Waals surface area contributed by atoms with Gasteiger partial charge in [-0.05, 0) is 19.3 Å². The number of carboxylic acid groups (broad SMARTS) is 1. The number of carboxylic acids is 1. The van der Waals surface area contributed by atoms with E-state index in [0.29, 0.717) is 18.5 Å².